The van der Waals surface area contributed by atoms with Gasteiger partial charge in [0, 0.05) is 12.6 Å². The summed E-state index contributed by atoms with van der Waals surface area (Å²) in [5.74, 6) is -0.882. The van der Waals surface area contributed by atoms with Gasteiger partial charge in [0.15, 0.2) is 0 Å². The maximum atomic E-state index is 10.9. The number of rotatable bonds is 8. The number of amides is 1. The van der Waals surface area contributed by atoms with Gasteiger partial charge in [-0.15, -0.1) is 0 Å². The summed E-state index contributed by atoms with van der Waals surface area (Å²) >= 11 is 0. The van der Waals surface area contributed by atoms with E-state index in [1.807, 2.05) is 18.7 Å². The summed E-state index contributed by atoms with van der Waals surface area (Å²) in [6.07, 6.45) is 0. The Morgan fingerprint density at radius 2 is 2.10 bits per heavy atom. The van der Waals surface area contributed by atoms with E-state index in [1.165, 1.54) is 12.1 Å². The number of aromatic carboxylic acids is 1. The van der Waals surface area contributed by atoms with E-state index in [1.54, 1.807) is 12.1 Å². The number of carbonyl (C=O) groups excluding carboxylic acids is 1. The molecular weight excluding hydrogens is 260 g/mol. The van der Waals surface area contributed by atoms with E-state index < -0.39 is 5.97 Å². The largest absolute Gasteiger partial charge is 0.492 e. The van der Waals surface area contributed by atoms with Gasteiger partial charge >= 0.3 is 5.97 Å². The fraction of sp³-hybridized carbons (Fsp3) is 0.429. The first-order valence-corrected chi connectivity index (χ1v) is 6.38. The summed E-state index contributed by atoms with van der Waals surface area (Å²) in [5, 5.41) is 8.88. The summed E-state index contributed by atoms with van der Waals surface area (Å²) in [5.41, 5.74) is 5.36. The van der Waals surface area contributed by atoms with Crippen LogP contribution in [0.2, 0.25) is 0 Å². The van der Waals surface area contributed by atoms with Crippen LogP contribution in [0.5, 0.6) is 5.75 Å². The minimum atomic E-state index is -0.993. The van der Waals surface area contributed by atoms with Crippen LogP contribution in [0, 0.1) is 0 Å². The lowest BCUT2D eigenvalue weighted by Gasteiger charge is -2.24. The van der Waals surface area contributed by atoms with Gasteiger partial charge in [0.05, 0.1) is 12.1 Å². The Morgan fingerprint density at radius 3 is 2.65 bits per heavy atom. The average molecular weight is 280 g/mol. The normalized spacial score (nSPS) is 10.8. The second-order valence-electron chi connectivity index (χ2n) is 4.71. The van der Waals surface area contributed by atoms with Crippen molar-refractivity contribution in [1.29, 1.82) is 0 Å². The molecule has 110 valence electrons. The molecule has 20 heavy (non-hydrogen) atoms. The second kappa shape index (κ2) is 7.49. The predicted octanol–water partition coefficient (Wildman–Crippen LogP) is 0.959. The standard InChI is InChI=1S/C14H20N2O4/c1-10(2)16(9-13(15)17)6-7-20-12-5-3-4-11(8-12)14(18)19/h3-5,8,10H,6-7,9H2,1-2H3,(H2,15,17)(H,18,19). The fourth-order valence-electron chi connectivity index (χ4n) is 1.72. The van der Waals surface area contributed by atoms with E-state index >= 15 is 0 Å². The SMILES string of the molecule is CC(C)N(CCOc1cccc(C(=O)O)c1)CC(N)=O. The molecule has 0 unspecified atom stereocenters. The molecule has 6 heteroatoms. The maximum absolute atomic E-state index is 10.9. The van der Waals surface area contributed by atoms with Gasteiger partial charge in [-0.3, -0.25) is 9.69 Å². The number of hydrogen-bond acceptors (Lipinski definition) is 4. The second-order valence-corrected chi connectivity index (χ2v) is 4.71. The first kappa shape index (κ1) is 16.0. The summed E-state index contributed by atoms with van der Waals surface area (Å²) in [4.78, 5) is 23.7. The minimum Gasteiger partial charge on any atom is -0.492 e. The average Bonchev–Trinajstić information content (AvgIpc) is 2.37. The van der Waals surface area contributed by atoms with Crippen LogP contribution in [0.3, 0.4) is 0 Å². The minimum absolute atomic E-state index is 0.177. The highest BCUT2D eigenvalue weighted by Gasteiger charge is 2.12. The summed E-state index contributed by atoms with van der Waals surface area (Å²) in [6, 6.07) is 6.47. The number of carbonyl (C=O) groups is 2. The zero-order chi connectivity index (χ0) is 15.1. The highest BCUT2D eigenvalue weighted by molar-refractivity contribution is 5.88. The van der Waals surface area contributed by atoms with Crippen molar-refractivity contribution in [2.24, 2.45) is 5.73 Å². The van der Waals surface area contributed by atoms with Crippen LogP contribution in [0.4, 0.5) is 0 Å². The molecule has 3 N–H and O–H groups in total. The number of nitrogens with two attached hydrogens (primary N) is 1. The van der Waals surface area contributed by atoms with Crippen molar-refractivity contribution in [2.45, 2.75) is 19.9 Å². The van der Waals surface area contributed by atoms with Crippen molar-refractivity contribution in [3.8, 4) is 5.75 Å². The lowest BCUT2D eigenvalue weighted by Crippen LogP contribution is -2.40. The first-order chi connectivity index (χ1) is 9.40. The van der Waals surface area contributed by atoms with Crippen LogP contribution in [0.15, 0.2) is 24.3 Å². The van der Waals surface area contributed by atoms with Gasteiger partial charge in [-0.25, -0.2) is 4.79 Å². The lowest BCUT2D eigenvalue weighted by molar-refractivity contribution is -0.119. The Hall–Kier alpha value is -2.08. The number of nitrogens with zero attached hydrogens (tertiary/aromatic N) is 1. The molecule has 1 aromatic rings. The van der Waals surface area contributed by atoms with E-state index in [-0.39, 0.29) is 24.1 Å². The highest BCUT2D eigenvalue weighted by atomic mass is 16.5. The molecule has 0 atom stereocenters. The van der Waals surface area contributed by atoms with E-state index in [4.69, 9.17) is 15.6 Å². The number of carboxylic acid groups (broad SMARTS) is 1. The third-order valence-electron chi connectivity index (χ3n) is 2.82. The van der Waals surface area contributed by atoms with Crippen LogP contribution < -0.4 is 10.5 Å². The predicted molar refractivity (Wildman–Crippen MR) is 74.8 cm³/mol. The molecule has 0 saturated carbocycles. The quantitative estimate of drug-likeness (QED) is 0.740. The molecule has 1 rings (SSSR count). The van der Waals surface area contributed by atoms with Crippen LogP contribution in [-0.4, -0.2) is 47.6 Å². The molecule has 0 fully saturated rings. The zero-order valence-corrected chi connectivity index (χ0v) is 11.7. The Bertz CT molecular complexity index is 474. The van der Waals surface area contributed by atoms with Gasteiger partial charge in [-0.05, 0) is 32.0 Å². The summed E-state index contributed by atoms with van der Waals surface area (Å²) in [7, 11) is 0. The van der Waals surface area contributed by atoms with Crippen molar-refractivity contribution in [1.82, 2.24) is 4.90 Å². The number of benzene rings is 1. The van der Waals surface area contributed by atoms with Crippen molar-refractivity contribution in [3.05, 3.63) is 29.8 Å². The van der Waals surface area contributed by atoms with Gasteiger partial charge < -0.3 is 15.6 Å². The van der Waals surface area contributed by atoms with Crippen LogP contribution in [-0.2, 0) is 4.79 Å². The monoisotopic (exact) mass is 280 g/mol. The Morgan fingerprint density at radius 1 is 1.40 bits per heavy atom. The van der Waals surface area contributed by atoms with Gasteiger partial charge in [0.25, 0.3) is 0 Å². The molecule has 6 nitrogen and oxygen atoms in total. The lowest BCUT2D eigenvalue weighted by atomic mass is 10.2. The number of ether oxygens (including phenoxy) is 1. The number of hydrogen-bond donors (Lipinski definition) is 2. The molecule has 1 aromatic carbocycles. The Kier molecular flexibility index (Phi) is 5.99. The molecule has 0 saturated heterocycles. The van der Waals surface area contributed by atoms with E-state index in [0.29, 0.717) is 18.9 Å². The van der Waals surface area contributed by atoms with Gasteiger partial charge in [0.2, 0.25) is 5.91 Å². The molecule has 0 aromatic heterocycles. The topological polar surface area (TPSA) is 92.9 Å². The van der Waals surface area contributed by atoms with Gasteiger partial charge in [-0.2, -0.15) is 0 Å². The Balaban J connectivity index is 2.52. The van der Waals surface area contributed by atoms with Crippen LogP contribution >= 0.6 is 0 Å². The van der Waals surface area contributed by atoms with Crippen molar-refractivity contribution < 1.29 is 19.4 Å². The van der Waals surface area contributed by atoms with Gasteiger partial charge in [-0.1, -0.05) is 6.07 Å². The maximum Gasteiger partial charge on any atom is 0.335 e. The molecule has 0 aliphatic rings. The van der Waals surface area contributed by atoms with Crippen LogP contribution in [0.1, 0.15) is 24.2 Å². The molecular formula is C14H20N2O4. The molecule has 0 bridgehead atoms. The third-order valence-corrected chi connectivity index (χ3v) is 2.82. The molecule has 1 amide bonds. The van der Waals surface area contributed by atoms with Crippen LogP contribution in [0.25, 0.3) is 0 Å². The van der Waals surface area contributed by atoms with Crippen molar-refractivity contribution in [3.63, 3.8) is 0 Å². The smallest absolute Gasteiger partial charge is 0.335 e. The zero-order valence-electron chi connectivity index (χ0n) is 11.7. The summed E-state index contributed by atoms with van der Waals surface area (Å²) in [6.45, 7) is 5.00. The Labute approximate surface area is 118 Å². The third kappa shape index (κ3) is 5.27. The van der Waals surface area contributed by atoms with E-state index in [0.717, 1.165) is 0 Å². The number of primary amides is 1. The molecule has 0 aliphatic carbocycles. The van der Waals surface area contributed by atoms with E-state index in [2.05, 4.69) is 0 Å². The highest BCUT2D eigenvalue weighted by Crippen LogP contribution is 2.13. The molecule has 0 heterocycles. The molecule has 0 radical (unpaired) electrons. The fourth-order valence-corrected chi connectivity index (χ4v) is 1.72. The van der Waals surface area contributed by atoms with Crippen molar-refractivity contribution in [2.75, 3.05) is 19.7 Å². The number of carboxylic acids is 1. The molecule has 0 spiro atoms. The van der Waals surface area contributed by atoms with E-state index in [9.17, 15) is 9.59 Å². The summed E-state index contributed by atoms with van der Waals surface area (Å²) < 4.78 is 5.50. The first-order valence-electron chi connectivity index (χ1n) is 6.38. The van der Waals surface area contributed by atoms with Gasteiger partial charge in [0.1, 0.15) is 12.4 Å². The molecule has 0 aliphatic heterocycles. The van der Waals surface area contributed by atoms with Crippen molar-refractivity contribution >= 4 is 11.9 Å².